The summed E-state index contributed by atoms with van der Waals surface area (Å²) in [6.07, 6.45) is -0.449. The summed E-state index contributed by atoms with van der Waals surface area (Å²) in [6.45, 7) is 0.827. The van der Waals surface area contributed by atoms with Gasteiger partial charge in [0.15, 0.2) is 0 Å². The van der Waals surface area contributed by atoms with E-state index in [-0.39, 0.29) is 50.0 Å². The van der Waals surface area contributed by atoms with Crippen molar-refractivity contribution >= 4 is 17.9 Å². The number of likely N-dealkylation sites (tertiary alicyclic amines) is 1. The third-order valence-corrected chi connectivity index (χ3v) is 6.33. The lowest BCUT2D eigenvalue weighted by molar-refractivity contribution is -0.135. The SMILES string of the molecule is CN1CC(=O)N[C@H]2CN(C(=O)OCC3c4ccccc4-c4ccccc43)C[C@H]2C1=O. The number of nitrogens with zero attached hydrogens (tertiary/aromatic N) is 2. The molecular formula is C23H23N3O4. The van der Waals surface area contributed by atoms with Crippen LogP contribution in [0.5, 0.6) is 0 Å². The fourth-order valence-corrected chi connectivity index (χ4v) is 4.86. The van der Waals surface area contributed by atoms with Crippen LogP contribution < -0.4 is 5.32 Å². The first-order chi connectivity index (χ1) is 14.5. The van der Waals surface area contributed by atoms with Gasteiger partial charge in [0.05, 0.1) is 18.5 Å². The van der Waals surface area contributed by atoms with E-state index in [0.29, 0.717) is 0 Å². The summed E-state index contributed by atoms with van der Waals surface area (Å²) < 4.78 is 5.70. The molecule has 2 aromatic carbocycles. The monoisotopic (exact) mass is 405 g/mol. The topological polar surface area (TPSA) is 79.0 Å². The van der Waals surface area contributed by atoms with Crippen molar-refractivity contribution in [2.75, 3.05) is 33.3 Å². The van der Waals surface area contributed by atoms with Gasteiger partial charge in [-0.3, -0.25) is 9.59 Å². The molecule has 2 aromatic rings. The quantitative estimate of drug-likeness (QED) is 0.827. The number of amides is 3. The maximum atomic E-state index is 12.8. The fraction of sp³-hybridized carbons (Fsp3) is 0.348. The van der Waals surface area contributed by atoms with E-state index in [9.17, 15) is 14.4 Å². The molecule has 30 heavy (non-hydrogen) atoms. The van der Waals surface area contributed by atoms with Crippen molar-refractivity contribution in [3.05, 3.63) is 59.7 Å². The van der Waals surface area contributed by atoms with E-state index < -0.39 is 12.0 Å². The molecule has 0 radical (unpaired) electrons. The van der Waals surface area contributed by atoms with Crippen molar-refractivity contribution in [2.24, 2.45) is 5.92 Å². The Kier molecular flexibility index (Phi) is 4.46. The van der Waals surface area contributed by atoms with Gasteiger partial charge in [-0.2, -0.15) is 0 Å². The molecule has 1 N–H and O–H groups in total. The number of carbonyl (C=O) groups excluding carboxylic acids is 3. The third-order valence-electron chi connectivity index (χ3n) is 6.33. The second-order valence-electron chi connectivity index (χ2n) is 8.18. The summed E-state index contributed by atoms with van der Waals surface area (Å²) in [5.74, 6) is -0.760. The van der Waals surface area contributed by atoms with Crippen molar-refractivity contribution < 1.29 is 19.1 Å². The molecule has 0 unspecified atom stereocenters. The summed E-state index contributed by atoms with van der Waals surface area (Å²) in [5, 5.41) is 2.86. The Morgan fingerprint density at radius 3 is 2.33 bits per heavy atom. The second-order valence-corrected chi connectivity index (χ2v) is 8.18. The first-order valence-electron chi connectivity index (χ1n) is 10.2. The molecule has 154 valence electrons. The van der Waals surface area contributed by atoms with Gasteiger partial charge in [-0.05, 0) is 22.3 Å². The lowest BCUT2D eigenvalue weighted by Gasteiger charge is -2.20. The highest BCUT2D eigenvalue weighted by Crippen LogP contribution is 2.44. The third kappa shape index (κ3) is 3.01. The zero-order valence-corrected chi connectivity index (χ0v) is 16.7. The van der Waals surface area contributed by atoms with E-state index in [1.807, 2.05) is 24.3 Å². The van der Waals surface area contributed by atoms with Gasteiger partial charge in [0.2, 0.25) is 11.8 Å². The molecule has 1 aliphatic carbocycles. The van der Waals surface area contributed by atoms with Crippen LogP contribution in [0.25, 0.3) is 11.1 Å². The van der Waals surface area contributed by atoms with Gasteiger partial charge in [0.25, 0.3) is 0 Å². The van der Waals surface area contributed by atoms with E-state index in [4.69, 9.17) is 4.74 Å². The van der Waals surface area contributed by atoms with Crippen LogP contribution in [-0.4, -0.2) is 67.0 Å². The average molecular weight is 405 g/mol. The molecule has 2 atom stereocenters. The molecule has 2 saturated heterocycles. The number of nitrogens with one attached hydrogen (secondary N) is 1. The Balaban J connectivity index is 1.30. The van der Waals surface area contributed by atoms with Gasteiger partial charge in [-0.1, -0.05) is 48.5 Å². The van der Waals surface area contributed by atoms with Crippen molar-refractivity contribution in [3.63, 3.8) is 0 Å². The predicted molar refractivity (Wildman–Crippen MR) is 110 cm³/mol. The van der Waals surface area contributed by atoms with Crippen molar-refractivity contribution in [3.8, 4) is 11.1 Å². The van der Waals surface area contributed by atoms with Crippen LogP contribution in [0.3, 0.4) is 0 Å². The minimum Gasteiger partial charge on any atom is -0.448 e. The van der Waals surface area contributed by atoms with Crippen LogP contribution in [0.4, 0.5) is 4.79 Å². The molecule has 7 nitrogen and oxygen atoms in total. The number of fused-ring (bicyclic) bond motifs is 4. The van der Waals surface area contributed by atoms with Gasteiger partial charge in [-0.25, -0.2) is 4.79 Å². The highest BCUT2D eigenvalue weighted by atomic mass is 16.6. The zero-order valence-electron chi connectivity index (χ0n) is 16.7. The smallest absolute Gasteiger partial charge is 0.409 e. The van der Waals surface area contributed by atoms with E-state index in [2.05, 4.69) is 29.6 Å². The zero-order chi connectivity index (χ0) is 20.8. The van der Waals surface area contributed by atoms with Crippen molar-refractivity contribution in [1.29, 1.82) is 0 Å². The summed E-state index contributed by atoms with van der Waals surface area (Å²) in [6, 6.07) is 16.0. The molecule has 2 heterocycles. The van der Waals surface area contributed by atoms with E-state index in [1.165, 1.54) is 20.9 Å². The van der Waals surface area contributed by atoms with Crippen molar-refractivity contribution in [2.45, 2.75) is 12.0 Å². The lowest BCUT2D eigenvalue weighted by Crippen LogP contribution is -2.41. The molecule has 0 saturated carbocycles. The number of rotatable bonds is 2. The molecule has 2 aliphatic heterocycles. The van der Waals surface area contributed by atoms with Gasteiger partial charge >= 0.3 is 6.09 Å². The normalized spacial score (nSPS) is 22.8. The Hall–Kier alpha value is -3.35. The molecule has 0 spiro atoms. The minimum atomic E-state index is -0.449. The first-order valence-corrected chi connectivity index (χ1v) is 10.2. The Morgan fingerprint density at radius 1 is 1.03 bits per heavy atom. The molecule has 5 rings (SSSR count). The van der Waals surface area contributed by atoms with Crippen molar-refractivity contribution in [1.82, 2.24) is 15.1 Å². The molecular weight excluding hydrogens is 382 g/mol. The maximum Gasteiger partial charge on any atom is 0.409 e. The lowest BCUT2D eigenvalue weighted by atomic mass is 9.98. The Labute approximate surface area is 174 Å². The number of carbonyl (C=O) groups is 3. The van der Waals surface area contributed by atoms with E-state index in [1.54, 1.807) is 7.05 Å². The second kappa shape index (κ2) is 7.16. The Bertz CT molecular complexity index is 991. The van der Waals surface area contributed by atoms with Crippen LogP contribution in [0.1, 0.15) is 17.0 Å². The number of hydrogen-bond donors (Lipinski definition) is 1. The summed E-state index contributed by atoms with van der Waals surface area (Å²) in [5.41, 5.74) is 4.66. The van der Waals surface area contributed by atoms with Gasteiger partial charge < -0.3 is 19.9 Å². The van der Waals surface area contributed by atoms with Crippen LogP contribution in [0.15, 0.2) is 48.5 Å². The summed E-state index contributed by atoms with van der Waals surface area (Å²) in [4.78, 5) is 40.2. The molecule has 3 aliphatic rings. The molecule has 3 amide bonds. The van der Waals surface area contributed by atoms with Gasteiger partial charge in [0.1, 0.15) is 6.61 Å². The molecule has 0 aromatic heterocycles. The standard InChI is InChI=1S/C23H23N3O4/c1-25-12-21(27)24-20-11-26(10-18(20)22(25)28)23(29)30-13-19-16-8-4-2-6-14(16)15-7-3-5-9-17(15)19/h2-9,18-20H,10-13H2,1H3,(H,24,27)/t18-,20+/m1/s1. The van der Waals surface area contributed by atoms with Crippen LogP contribution in [0, 0.1) is 5.92 Å². The van der Waals surface area contributed by atoms with Gasteiger partial charge in [-0.15, -0.1) is 0 Å². The average Bonchev–Trinajstić information content (AvgIpc) is 3.28. The predicted octanol–water partition coefficient (Wildman–Crippen LogP) is 1.82. The van der Waals surface area contributed by atoms with Gasteiger partial charge in [0, 0.05) is 26.1 Å². The Morgan fingerprint density at radius 2 is 1.67 bits per heavy atom. The first kappa shape index (κ1) is 18.7. The maximum absolute atomic E-state index is 12.8. The molecule has 7 heteroatoms. The fourth-order valence-electron chi connectivity index (χ4n) is 4.86. The number of ether oxygens (including phenoxy) is 1. The van der Waals surface area contributed by atoms with Crippen LogP contribution in [-0.2, 0) is 14.3 Å². The largest absolute Gasteiger partial charge is 0.448 e. The van der Waals surface area contributed by atoms with Crippen LogP contribution >= 0.6 is 0 Å². The van der Waals surface area contributed by atoms with E-state index >= 15 is 0 Å². The summed E-state index contributed by atoms with van der Waals surface area (Å²) in [7, 11) is 1.61. The van der Waals surface area contributed by atoms with Crippen LogP contribution in [0.2, 0.25) is 0 Å². The summed E-state index contributed by atoms with van der Waals surface area (Å²) >= 11 is 0. The van der Waals surface area contributed by atoms with E-state index in [0.717, 1.165) is 11.1 Å². The molecule has 0 bridgehead atoms. The minimum absolute atomic E-state index is 0.0121. The molecule has 2 fully saturated rings. The highest BCUT2D eigenvalue weighted by Gasteiger charge is 2.44. The number of benzene rings is 2. The number of likely N-dealkylation sites (N-methyl/N-ethyl adjacent to an activating group) is 1. The highest BCUT2D eigenvalue weighted by molar-refractivity contribution is 5.90. The number of hydrogen-bond acceptors (Lipinski definition) is 4.